The van der Waals surface area contributed by atoms with Crippen molar-refractivity contribution in [2.45, 2.75) is 39.2 Å². The van der Waals surface area contributed by atoms with Crippen LogP contribution in [0.5, 0.6) is 0 Å². The van der Waals surface area contributed by atoms with Gasteiger partial charge in [-0.15, -0.1) is 11.3 Å². The summed E-state index contributed by atoms with van der Waals surface area (Å²) in [6, 6.07) is 2.20. The fourth-order valence-electron chi connectivity index (χ4n) is 2.75. The van der Waals surface area contributed by atoms with Gasteiger partial charge < -0.3 is 10.2 Å². The Kier molecular flexibility index (Phi) is 6.85. The molecule has 1 N–H and O–H groups in total. The molecule has 1 fully saturated rings. The molecule has 1 unspecified atom stereocenters. The van der Waals surface area contributed by atoms with E-state index >= 15 is 0 Å². The quantitative estimate of drug-likeness (QED) is 0.781. The van der Waals surface area contributed by atoms with Gasteiger partial charge in [-0.2, -0.15) is 0 Å². The largest absolute Gasteiger partial charge is 0.311 e. The number of halogens is 1. The number of thiophene rings is 1. The number of likely N-dealkylation sites (tertiary alicyclic amines) is 1. The lowest BCUT2D eigenvalue weighted by atomic mass is 9.98. The van der Waals surface area contributed by atoms with Gasteiger partial charge in [0.1, 0.15) is 0 Å². The second kappa shape index (κ2) is 8.40. The van der Waals surface area contributed by atoms with E-state index < -0.39 is 0 Å². The molecule has 4 heteroatoms. The molecule has 0 amide bonds. The summed E-state index contributed by atoms with van der Waals surface area (Å²) in [5.74, 6) is 0.974. The molecule has 1 aromatic rings. The van der Waals surface area contributed by atoms with Crippen LogP contribution in [0.25, 0.3) is 0 Å². The minimum Gasteiger partial charge on any atom is -0.311 e. The van der Waals surface area contributed by atoms with E-state index in [1.54, 1.807) is 0 Å². The molecule has 0 bridgehead atoms. The third-order valence-electron chi connectivity index (χ3n) is 4.04. The van der Waals surface area contributed by atoms with Crippen LogP contribution < -0.4 is 5.32 Å². The molecule has 1 atom stereocenters. The van der Waals surface area contributed by atoms with Crippen molar-refractivity contribution < 1.29 is 0 Å². The summed E-state index contributed by atoms with van der Waals surface area (Å²) in [6.07, 6.45) is 5.58. The van der Waals surface area contributed by atoms with E-state index in [0.29, 0.717) is 0 Å². The van der Waals surface area contributed by atoms with Gasteiger partial charge in [-0.05, 0) is 60.3 Å². The third-order valence-corrected chi connectivity index (χ3v) is 5.74. The summed E-state index contributed by atoms with van der Waals surface area (Å²) in [7, 11) is 0. The van der Waals surface area contributed by atoms with E-state index in [2.05, 4.69) is 44.5 Å². The Morgan fingerprint density at radius 2 is 2.32 bits per heavy atom. The molecule has 0 aromatic carbocycles. The lowest BCUT2D eigenvalue weighted by Crippen LogP contribution is -2.32. The maximum absolute atomic E-state index is 3.56. The summed E-state index contributed by atoms with van der Waals surface area (Å²) in [5, 5.41) is 5.71. The van der Waals surface area contributed by atoms with Gasteiger partial charge in [-0.3, -0.25) is 0 Å². The molecule has 1 aliphatic heterocycles. The highest BCUT2D eigenvalue weighted by atomic mass is 79.9. The lowest BCUT2D eigenvalue weighted by molar-refractivity contribution is 0.279. The second-order valence-electron chi connectivity index (χ2n) is 5.45. The highest BCUT2D eigenvalue weighted by molar-refractivity contribution is 9.10. The lowest BCUT2D eigenvalue weighted by Gasteiger charge is -2.20. The van der Waals surface area contributed by atoms with Gasteiger partial charge in [0.05, 0.1) is 0 Å². The molecule has 0 radical (unpaired) electrons. The summed E-state index contributed by atoms with van der Waals surface area (Å²) >= 11 is 5.32. The van der Waals surface area contributed by atoms with Crippen LogP contribution in [0, 0.1) is 5.92 Å². The molecular formula is C15H25BrN2S. The van der Waals surface area contributed by atoms with Crippen molar-refractivity contribution in [3.63, 3.8) is 0 Å². The molecule has 2 heterocycles. The fraction of sp³-hybridized carbons (Fsp3) is 0.733. The van der Waals surface area contributed by atoms with E-state index in [-0.39, 0.29) is 0 Å². The zero-order chi connectivity index (χ0) is 13.5. The molecule has 1 aliphatic rings. The topological polar surface area (TPSA) is 15.3 Å². The molecule has 0 spiro atoms. The Morgan fingerprint density at radius 1 is 1.42 bits per heavy atom. The van der Waals surface area contributed by atoms with Gasteiger partial charge in [0.2, 0.25) is 0 Å². The average molecular weight is 345 g/mol. The van der Waals surface area contributed by atoms with Crippen LogP contribution in [0.1, 0.15) is 37.5 Å². The van der Waals surface area contributed by atoms with E-state index in [1.807, 2.05) is 11.3 Å². The predicted octanol–water partition coefficient (Wildman–Crippen LogP) is 4.11. The first-order valence-electron chi connectivity index (χ1n) is 7.44. The van der Waals surface area contributed by atoms with Crippen molar-refractivity contribution in [2.75, 3.05) is 26.2 Å². The molecule has 108 valence electrons. The molecule has 1 saturated heterocycles. The monoisotopic (exact) mass is 344 g/mol. The van der Waals surface area contributed by atoms with Crippen LogP contribution in [0.3, 0.4) is 0 Å². The first-order chi connectivity index (χ1) is 9.28. The van der Waals surface area contributed by atoms with Crippen LogP contribution in [-0.4, -0.2) is 31.1 Å². The highest BCUT2D eigenvalue weighted by Crippen LogP contribution is 2.20. The number of hydrogen-bond acceptors (Lipinski definition) is 3. The Bertz CT molecular complexity index is 367. The highest BCUT2D eigenvalue weighted by Gasteiger charge is 2.14. The molecule has 0 saturated carbocycles. The minimum atomic E-state index is 0.974. The Labute approximate surface area is 129 Å². The number of hydrogen-bond donors (Lipinski definition) is 1. The van der Waals surface area contributed by atoms with E-state index in [4.69, 9.17) is 0 Å². The van der Waals surface area contributed by atoms with Gasteiger partial charge in [0.15, 0.2) is 0 Å². The van der Waals surface area contributed by atoms with Crippen LogP contribution in [0.2, 0.25) is 0 Å². The molecule has 19 heavy (non-hydrogen) atoms. The molecule has 1 aromatic heterocycles. The SMILES string of the molecule is CCC1CCCN(CCNCc2cc(Br)cs2)CC1. The van der Waals surface area contributed by atoms with Crippen molar-refractivity contribution in [3.05, 3.63) is 20.8 Å². The summed E-state index contributed by atoms with van der Waals surface area (Å²) < 4.78 is 1.20. The van der Waals surface area contributed by atoms with Crippen LogP contribution in [0.15, 0.2) is 15.9 Å². The van der Waals surface area contributed by atoms with Gasteiger partial charge in [0, 0.05) is 34.4 Å². The normalized spacial score (nSPS) is 21.5. The first kappa shape index (κ1) is 15.5. The van der Waals surface area contributed by atoms with E-state index in [1.165, 1.54) is 54.7 Å². The van der Waals surface area contributed by atoms with Crippen LogP contribution >= 0.6 is 27.3 Å². The van der Waals surface area contributed by atoms with Crippen molar-refractivity contribution in [1.29, 1.82) is 0 Å². The Morgan fingerprint density at radius 3 is 3.05 bits per heavy atom. The van der Waals surface area contributed by atoms with Crippen molar-refractivity contribution >= 4 is 27.3 Å². The van der Waals surface area contributed by atoms with E-state index in [0.717, 1.165) is 19.0 Å². The third kappa shape index (κ3) is 5.54. The van der Waals surface area contributed by atoms with Crippen LogP contribution in [-0.2, 0) is 6.54 Å². The second-order valence-corrected chi connectivity index (χ2v) is 7.37. The average Bonchev–Trinajstić information content (AvgIpc) is 2.70. The van der Waals surface area contributed by atoms with E-state index in [9.17, 15) is 0 Å². The van der Waals surface area contributed by atoms with Crippen LogP contribution in [0.4, 0.5) is 0 Å². The van der Waals surface area contributed by atoms with Crippen molar-refractivity contribution in [2.24, 2.45) is 5.92 Å². The number of nitrogens with zero attached hydrogens (tertiary/aromatic N) is 1. The molecule has 2 nitrogen and oxygen atoms in total. The Hall–Kier alpha value is 0.1000. The standard InChI is InChI=1S/C15H25BrN2S/c1-2-13-4-3-7-18(8-5-13)9-6-17-11-15-10-14(16)12-19-15/h10,12-13,17H,2-9,11H2,1H3. The molecule has 2 rings (SSSR count). The molecule has 0 aliphatic carbocycles. The van der Waals surface area contributed by atoms with Crippen molar-refractivity contribution in [3.8, 4) is 0 Å². The van der Waals surface area contributed by atoms with Gasteiger partial charge >= 0.3 is 0 Å². The maximum Gasteiger partial charge on any atom is 0.0300 e. The zero-order valence-electron chi connectivity index (χ0n) is 11.8. The summed E-state index contributed by atoms with van der Waals surface area (Å²) in [6.45, 7) is 8.23. The van der Waals surface area contributed by atoms with Crippen molar-refractivity contribution in [1.82, 2.24) is 10.2 Å². The Balaban J connectivity index is 1.60. The smallest absolute Gasteiger partial charge is 0.0300 e. The first-order valence-corrected chi connectivity index (χ1v) is 9.11. The summed E-state index contributed by atoms with van der Waals surface area (Å²) in [5.41, 5.74) is 0. The maximum atomic E-state index is 3.56. The van der Waals surface area contributed by atoms with Gasteiger partial charge in [0.25, 0.3) is 0 Å². The molecular weight excluding hydrogens is 320 g/mol. The minimum absolute atomic E-state index is 0.974. The predicted molar refractivity (Wildman–Crippen MR) is 87.8 cm³/mol. The summed E-state index contributed by atoms with van der Waals surface area (Å²) in [4.78, 5) is 4.04. The van der Waals surface area contributed by atoms with Gasteiger partial charge in [-0.25, -0.2) is 0 Å². The zero-order valence-corrected chi connectivity index (χ0v) is 14.2. The fourth-order valence-corrected chi connectivity index (χ4v) is 4.17. The number of rotatable bonds is 6. The number of nitrogens with one attached hydrogen (secondary N) is 1. The van der Waals surface area contributed by atoms with Gasteiger partial charge in [-0.1, -0.05) is 13.3 Å².